The van der Waals surface area contributed by atoms with Crippen molar-refractivity contribution in [3.63, 3.8) is 0 Å². The monoisotopic (exact) mass is 296 g/mol. The van der Waals surface area contributed by atoms with Crippen LogP contribution >= 0.6 is 12.4 Å². The van der Waals surface area contributed by atoms with E-state index >= 15 is 0 Å². The van der Waals surface area contributed by atoms with E-state index in [9.17, 15) is 4.79 Å². The van der Waals surface area contributed by atoms with Crippen LogP contribution in [0.4, 0.5) is 5.69 Å². The van der Waals surface area contributed by atoms with Gasteiger partial charge in [-0.3, -0.25) is 4.79 Å². The third kappa shape index (κ3) is 5.41. The molecular weight excluding hydrogens is 272 g/mol. The lowest BCUT2D eigenvalue weighted by Gasteiger charge is -2.10. The molecule has 3 N–H and O–H groups in total. The van der Waals surface area contributed by atoms with E-state index < -0.39 is 0 Å². The lowest BCUT2D eigenvalue weighted by Crippen LogP contribution is -2.27. The van der Waals surface area contributed by atoms with Crippen molar-refractivity contribution in [3.05, 3.63) is 29.8 Å². The summed E-state index contributed by atoms with van der Waals surface area (Å²) in [5.74, 6) is 1.61. The molecule has 20 heavy (non-hydrogen) atoms. The standard InChI is InChI=1S/C16H24N2O.ClH/c1-12-2-3-14(10-12)11-16(19)18-9-8-13-4-6-15(17)7-5-13;/h4-7,12,14H,2-3,8-11,17H2,1H3,(H,18,19);1H. The van der Waals surface area contributed by atoms with Crippen molar-refractivity contribution < 1.29 is 4.79 Å². The first-order valence-corrected chi connectivity index (χ1v) is 7.24. The van der Waals surface area contributed by atoms with Gasteiger partial charge in [0.2, 0.25) is 5.91 Å². The number of nitrogens with one attached hydrogen (secondary N) is 1. The van der Waals surface area contributed by atoms with E-state index in [1.165, 1.54) is 24.8 Å². The van der Waals surface area contributed by atoms with Crippen LogP contribution in [0.5, 0.6) is 0 Å². The quantitative estimate of drug-likeness (QED) is 0.820. The number of halogens is 1. The van der Waals surface area contributed by atoms with Gasteiger partial charge in [0, 0.05) is 18.7 Å². The summed E-state index contributed by atoms with van der Waals surface area (Å²) >= 11 is 0. The van der Waals surface area contributed by atoms with Gasteiger partial charge >= 0.3 is 0 Å². The van der Waals surface area contributed by atoms with Crippen LogP contribution in [0, 0.1) is 11.8 Å². The lowest BCUT2D eigenvalue weighted by atomic mass is 10.0. The first-order valence-electron chi connectivity index (χ1n) is 7.24. The Morgan fingerprint density at radius 1 is 1.30 bits per heavy atom. The van der Waals surface area contributed by atoms with Crippen LogP contribution in [-0.4, -0.2) is 12.5 Å². The number of nitrogen functional groups attached to an aromatic ring is 1. The van der Waals surface area contributed by atoms with Gasteiger partial charge in [0.1, 0.15) is 0 Å². The van der Waals surface area contributed by atoms with E-state index in [-0.39, 0.29) is 18.3 Å². The Morgan fingerprint density at radius 2 is 2.00 bits per heavy atom. The molecule has 1 fully saturated rings. The third-order valence-electron chi connectivity index (χ3n) is 3.99. The minimum Gasteiger partial charge on any atom is -0.399 e. The highest BCUT2D eigenvalue weighted by molar-refractivity contribution is 5.85. The predicted octanol–water partition coefficient (Wildman–Crippen LogP) is 3.18. The maximum absolute atomic E-state index is 11.8. The summed E-state index contributed by atoms with van der Waals surface area (Å²) in [7, 11) is 0. The molecule has 0 radical (unpaired) electrons. The highest BCUT2D eigenvalue weighted by Gasteiger charge is 2.23. The largest absolute Gasteiger partial charge is 0.399 e. The zero-order valence-corrected chi connectivity index (χ0v) is 12.9. The van der Waals surface area contributed by atoms with E-state index in [1.807, 2.05) is 24.3 Å². The van der Waals surface area contributed by atoms with Gasteiger partial charge in [0.05, 0.1) is 0 Å². The van der Waals surface area contributed by atoms with Gasteiger partial charge in [-0.1, -0.05) is 25.5 Å². The topological polar surface area (TPSA) is 55.1 Å². The van der Waals surface area contributed by atoms with E-state index in [1.54, 1.807) is 0 Å². The van der Waals surface area contributed by atoms with Crippen molar-refractivity contribution in [2.45, 2.75) is 39.0 Å². The molecule has 0 bridgehead atoms. The second-order valence-corrected chi connectivity index (χ2v) is 5.83. The molecule has 2 unspecified atom stereocenters. The number of nitrogens with two attached hydrogens (primary N) is 1. The number of rotatable bonds is 5. The Balaban J connectivity index is 0.00000200. The SMILES string of the molecule is CC1CCC(CC(=O)NCCc2ccc(N)cc2)C1.Cl. The molecule has 0 spiro atoms. The summed E-state index contributed by atoms with van der Waals surface area (Å²) in [5.41, 5.74) is 7.63. The molecule has 1 aromatic carbocycles. The van der Waals surface area contributed by atoms with Crippen LogP contribution in [0.3, 0.4) is 0 Å². The summed E-state index contributed by atoms with van der Waals surface area (Å²) in [6.45, 7) is 2.99. The summed E-state index contributed by atoms with van der Waals surface area (Å²) in [6, 6.07) is 7.83. The highest BCUT2D eigenvalue weighted by Crippen LogP contribution is 2.32. The van der Waals surface area contributed by atoms with Crippen molar-refractivity contribution in [2.75, 3.05) is 12.3 Å². The number of hydrogen-bond donors (Lipinski definition) is 2. The van der Waals surface area contributed by atoms with Gasteiger partial charge in [-0.15, -0.1) is 12.4 Å². The summed E-state index contributed by atoms with van der Waals surface area (Å²) in [6.07, 6.45) is 5.28. The molecular formula is C16H25ClN2O. The number of anilines is 1. The van der Waals surface area contributed by atoms with E-state index in [2.05, 4.69) is 12.2 Å². The van der Waals surface area contributed by atoms with Crippen molar-refractivity contribution in [1.82, 2.24) is 5.32 Å². The summed E-state index contributed by atoms with van der Waals surface area (Å²) in [5, 5.41) is 3.02. The maximum Gasteiger partial charge on any atom is 0.220 e. The first kappa shape index (κ1) is 16.8. The van der Waals surface area contributed by atoms with Crippen LogP contribution in [0.1, 0.15) is 38.2 Å². The predicted molar refractivity (Wildman–Crippen MR) is 85.9 cm³/mol. The number of carbonyl (C=O) groups is 1. The maximum atomic E-state index is 11.8. The molecule has 1 aromatic rings. The number of benzene rings is 1. The van der Waals surface area contributed by atoms with E-state index in [0.29, 0.717) is 18.9 Å². The Kier molecular flexibility index (Phi) is 6.86. The molecule has 2 rings (SSSR count). The molecule has 0 heterocycles. The number of carbonyl (C=O) groups excluding carboxylic acids is 1. The fraction of sp³-hybridized carbons (Fsp3) is 0.562. The van der Waals surface area contributed by atoms with Gasteiger partial charge < -0.3 is 11.1 Å². The average Bonchev–Trinajstić information content (AvgIpc) is 2.77. The smallest absolute Gasteiger partial charge is 0.220 e. The second kappa shape index (κ2) is 8.15. The van der Waals surface area contributed by atoms with Crippen molar-refractivity contribution >= 4 is 24.0 Å². The van der Waals surface area contributed by atoms with Crippen LogP contribution in [-0.2, 0) is 11.2 Å². The zero-order valence-electron chi connectivity index (χ0n) is 12.1. The first-order chi connectivity index (χ1) is 9.13. The number of amides is 1. The van der Waals surface area contributed by atoms with Crippen LogP contribution in [0.25, 0.3) is 0 Å². The highest BCUT2D eigenvalue weighted by atomic mass is 35.5. The van der Waals surface area contributed by atoms with Crippen LogP contribution in [0.2, 0.25) is 0 Å². The molecule has 4 heteroatoms. The fourth-order valence-electron chi connectivity index (χ4n) is 2.88. The molecule has 0 aromatic heterocycles. The van der Waals surface area contributed by atoms with Gasteiger partial charge in [-0.25, -0.2) is 0 Å². The van der Waals surface area contributed by atoms with E-state index in [0.717, 1.165) is 18.0 Å². The van der Waals surface area contributed by atoms with Crippen LogP contribution < -0.4 is 11.1 Å². The molecule has 1 amide bonds. The Hall–Kier alpha value is -1.22. The molecule has 1 aliphatic rings. The van der Waals surface area contributed by atoms with E-state index in [4.69, 9.17) is 5.73 Å². The van der Waals surface area contributed by atoms with Gasteiger partial charge in [-0.05, 0) is 48.8 Å². The Morgan fingerprint density at radius 3 is 2.60 bits per heavy atom. The average molecular weight is 297 g/mol. The summed E-state index contributed by atoms with van der Waals surface area (Å²) < 4.78 is 0. The van der Waals surface area contributed by atoms with Gasteiger partial charge in [-0.2, -0.15) is 0 Å². The molecule has 112 valence electrons. The third-order valence-corrected chi connectivity index (χ3v) is 3.99. The molecule has 0 aliphatic heterocycles. The molecule has 0 saturated heterocycles. The Bertz CT molecular complexity index is 419. The van der Waals surface area contributed by atoms with Gasteiger partial charge in [0.15, 0.2) is 0 Å². The molecule has 3 nitrogen and oxygen atoms in total. The van der Waals surface area contributed by atoms with Crippen molar-refractivity contribution in [3.8, 4) is 0 Å². The lowest BCUT2D eigenvalue weighted by molar-refractivity contribution is -0.121. The van der Waals surface area contributed by atoms with Crippen molar-refractivity contribution in [2.24, 2.45) is 11.8 Å². The summed E-state index contributed by atoms with van der Waals surface area (Å²) in [4.78, 5) is 11.8. The molecule has 1 aliphatic carbocycles. The normalized spacial score (nSPS) is 21.2. The fourth-order valence-corrected chi connectivity index (χ4v) is 2.88. The van der Waals surface area contributed by atoms with Crippen LogP contribution in [0.15, 0.2) is 24.3 Å². The number of hydrogen-bond acceptors (Lipinski definition) is 2. The van der Waals surface area contributed by atoms with Gasteiger partial charge in [0.25, 0.3) is 0 Å². The molecule has 1 saturated carbocycles. The second-order valence-electron chi connectivity index (χ2n) is 5.83. The molecule has 2 atom stereocenters. The van der Waals surface area contributed by atoms with Crippen molar-refractivity contribution in [1.29, 1.82) is 0 Å². The Labute approximate surface area is 127 Å². The zero-order chi connectivity index (χ0) is 13.7. The minimum atomic E-state index is 0. The minimum absolute atomic E-state index is 0.